The highest BCUT2D eigenvalue weighted by Crippen LogP contribution is 2.37. The molecule has 0 radical (unpaired) electrons. The van der Waals surface area contributed by atoms with Crippen molar-refractivity contribution in [3.63, 3.8) is 0 Å². The Balaban J connectivity index is 3.38. The molecule has 0 bridgehead atoms. The standard InChI is InChI=1S/C10H9Cl2N3O4S/c1-14(6-2-5-13)20(18,19)8-4-3-7(11)10(9(8)12)15(16)17/h3-4H,2,6H2,1H3. The van der Waals surface area contributed by atoms with Gasteiger partial charge in [-0.05, 0) is 12.1 Å². The quantitative estimate of drug-likeness (QED) is 0.606. The van der Waals surface area contributed by atoms with E-state index in [0.717, 1.165) is 16.4 Å². The topological polar surface area (TPSA) is 104 Å². The number of halogens is 2. The van der Waals surface area contributed by atoms with Crippen molar-refractivity contribution < 1.29 is 13.3 Å². The maximum Gasteiger partial charge on any atom is 0.307 e. The van der Waals surface area contributed by atoms with Gasteiger partial charge in [-0.25, -0.2) is 8.42 Å². The number of hydrogen-bond acceptors (Lipinski definition) is 5. The minimum Gasteiger partial charge on any atom is -0.258 e. The highest BCUT2D eigenvalue weighted by atomic mass is 35.5. The molecule has 0 amide bonds. The van der Waals surface area contributed by atoms with Crippen molar-refractivity contribution in [2.45, 2.75) is 11.3 Å². The van der Waals surface area contributed by atoms with Crippen LogP contribution in [0, 0.1) is 21.4 Å². The summed E-state index contributed by atoms with van der Waals surface area (Å²) in [6.07, 6.45) is -0.0109. The van der Waals surface area contributed by atoms with Crippen LogP contribution in [0.25, 0.3) is 0 Å². The lowest BCUT2D eigenvalue weighted by Crippen LogP contribution is -2.28. The Morgan fingerprint density at radius 1 is 1.45 bits per heavy atom. The largest absolute Gasteiger partial charge is 0.307 e. The van der Waals surface area contributed by atoms with E-state index in [0.29, 0.717) is 0 Å². The van der Waals surface area contributed by atoms with E-state index in [1.54, 1.807) is 0 Å². The van der Waals surface area contributed by atoms with E-state index in [4.69, 9.17) is 28.5 Å². The molecule has 0 aliphatic carbocycles. The van der Waals surface area contributed by atoms with Gasteiger partial charge >= 0.3 is 5.69 Å². The van der Waals surface area contributed by atoms with E-state index in [-0.39, 0.29) is 18.0 Å². The molecule has 1 aromatic rings. The molecule has 20 heavy (non-hydrogen) atoms. The van der Waals surface area contributed by atoms with Crippen LogP contribution >= 0.6 is 23.2 Å². The number of rotatable bonds is 5. The zero-order chi connectivity index (χ0) is 15.5. The van der Waals surface area contributed by atoms with Crippen molar-refractivity contribution in [2.24, 2.45) is 0 Å². The van der Waals surface area contributed by atoms with E-state index >= 15 is 0 Å². The Bertz CT molecular complexity index is 684. The second-order valence-corrected chi connectivity index (χ2v) is 6.50. The second-order valence-electron chi connectivity index (χ2n) is 3.70. The molecule has 0 saturated carbocycles. The Hall–Kier alpha value is -1.40. The predicted molar refractivity (Wildman–Crippen MR) is 73.2 cm³/mol. The molecule has 0 atom stereocenters. The van der Waals surface area contributed by atoms with Crippen LogP contribution in [-0.4, -0.2) is 31.2 Å². The van der Waals surface area contributed by atoms with Crippen molar-refractivity contribution in [3.05, 3.63) is 32.3 Å². The summed E-state index contributed by atoms with van der Waals surface area (Å²) in [6.45, 7) is -0.0500. The first-order chi connectivity index (χ1) is 9.23. The van der Waals surface area contributed by atoms with Crippen LogP contribution in [0.3, 0.4) is 0 Å². The van der Waals surface area contributed by atoms with Gasteiger partial charge in [-0.1, -0.05) is 23.2 Å². The van der Waals surface area contributed by atoms with Crippen LogP contribution in [0.5, 0.6) is 0 Å². The van der Waals surface area contributed by atoms with Gasteiger partial charge in [0, 0.05) is 20.0 Å². The summed E-state index contributed by atoms with van der Waals surface area (Å²) in [6, 6.07) is 3.99. The average Bonchev–Trinajstić information content (AvgIpc) is 2.34. The summed E-state index contributed by atoms with van der Waals surface area (Å²) >= 11 is 11.4. The molecule has 0 aliphatic rings. The SMILES string of the molecule is CN(CCC#N)S(=O)(=O)c1ccc(Cl)c([N+](=O)[O-])c1Cl. The van der Waals surface area contributed by atoms with Crippen molar-refractivity contribution in [2.75, 3.05) is 13.6 Å². The molecular weight excluding hydrogens is 329 g/mol. The fourth-order valence-corrected chi connectivity index (χ4v) is 3.42. The van der Waals surface area contributed by atoms with Crippen molar-refractivity contribution in [1.29, 1.82) is 5.26 Å². The molecular formula is C10H9Cl2N3O4S. The van der Waals surface area contributed by atoms with E-state index in [9.17, 15) is 18.5 Å². The number of nitriles is 1. The van der Waals surface area contributed by atoms with Gasteiger partial charge in [-0.3, -0.25) is 10.1 Å². The first kappa shape index (κ1) is 16.7. The zero-order valence-electron chi connectivity index (χ0n) is 10.2. The van der Waals surface area contributed by atoms with E-state index in [1.807, 2.05) is 6.07 Å². The van der Waals surface area contributed by atoms with Crippen LogP contribution in [0.15, 0.2) is 17.0 Å². The molecule has 0 aliphatic heterocycles. The molecule has 0 N–H and O–H groups in total. The number of nitro benzene ring substituents is 1. The molecule has 108 valence electrons. The molecule has 0 saturated heterocycles. The van der Waals surface area contributed by atoms with Gasteiger partial charge in [-0.2, -0.15) is 9.57 Å². The highest BCUT2D eigenvalue weighted by molar-refractivity contribution is 7.89. The number of benzene rings is 1. The van der Waals surface area contributed by atoms with Gasteiger partial charge < -0.3 is 0 Å². The van der Waals surface area contributed by atoms with Crippen molar-refractivity contribution in [3.8, 4) is 6.07 Å². The third kappa shape index (κ3) is 3.19. The number of nitro groups is 1. The predicted octanol–water partition coefficient (Wildman–Crippen LogP) is 2.44. The van der Waals surface area contributed by atoms with Gasteiger partial charge in [0.2, 0.25) is 10.0 Å². The third-order valence-electron chi connectivity index (χ3n) is 2.44. The lowest BCUT2D eigenvalue weighted by molar-refractivity contribution is -0.384. The molecule has 1 aromatic carbocycles. The zero-order valence-corrected chi connectivity index (χ0v) is 12.5. The molecule has 7 nitrogen and oxygen atoms in total. The summed E-state index contributed by atoms with van der Waals surface area (Å²) in [5.41, 5.74) is -0.664. The molecule has 1 rings (SSSR count). The van der Waals surface area contributed by atoms with Crippen molar-refractivity contribution >= 4 is 38.9 Å². The minimum atomic E-state index is -4.03. The van der Waals surface area contributed by atoms with Gasteiger partial charge in [0.25, 0.3) is 0 Å². The van der Waals surface area contributed by atoms with Gasteiger partial charge in [0.05, 0.1) is 11.0 Å². The molecule has 0 heterocycles. The van der Waals surface area contributed by atoms with Gasteiger partial charge in [-0.15, -0.1) is 0 Å². The number of hydrogen-bond donors (Lipinski definition) is 0. The summed E-state index contributed by atoms with van der Waals surface area (Å²) in [5.74, 6) is 0. The number of nitrogens with zero attached hydrogens (tertiary/aromatic N) is 3. The Labute approximate surface area is 125 Å². The van der Waals surface area contributed by atoms with Gasteiger partial charge in [0.1, 0.15) is 14.9 Å². The monoisotopic (exact) mass is 337 g/mol. The minimum absolute atomic E-state index is 0.0109. The van der Waals surface area contributed by atoms with Gasteiger partial charge in [0.15, 0.2) is 0 Å². The normalized spacial score (nSPS) is 11.3. The van der Waals surface area contributed by atoms with Crippen LogP contribution in [0.1, 0.15) is 6.42 Å². The molecule has 0 spiro atoms. The molecule has 0 unspecified atom stereocenters. The summed E-state index contributed by atoms with van der Waals surface area (Å²) < 4.78 is 25.3. The Morgan fingerprint density at radius 3 is 2.55 bits per heavy atom. The van der Waals surface area contributed by atoms with Crippen LogP contribution < -0.4 is 0 Å². The highest BCUT2D eigenvalue weighted by Gasteiger charge is 2.30. The Kier molecular flexibility index (Phi) is 5.30. The maximum absolute atomic E-state index is 12.2. The van der Waals surface area contributed by atoms with Crippen LogP contribution in [0.2, 0.25) is 10.0 Å². The van der Waals surface area contributed by atoms with E-state index in [1.165, 1.54) is 7.05 Å². The van der Waals surface area contributed by atoms with E-state index < -0.39 is 30.6 Å². The average molecular weight is 338 g/mol. The number of sulfonamides is 1. The van der Waals surface area contributed by atoms with Crippen molar-refractivity contribution in [1.82, 2.24) is 4.31 Å². The lowest BCUT2D eigenvalue weighted by Gasteiger charge is -2.16. The summed E-state index contributed by atoms with van der Waals surface area (Å²) in [5, 5.41) is 18.5. The molecule has 10 heteroatoms. The summed E-state index contributed by atoms with van der Waals surface area (Å²) in [4.78, 5) is 9.58. The van der Waals surface area contributed by atoms with Crippen LogP contribution in [0.4, 0.5) is 5.69 Å². The third-order valence-corrected chi connectivity index (χ3v) is 5.14. The van der Waals surface area contributed by atoms with E-state index in [2.05, 4.69) is 0 Å². The lowest BCUT2D eigenvalue weighted by atomic mass is 10.3. The first-order valence-corrected chi connectivity index (χ1v) is 7.38. The first-order valence-electron chi connectivity index (χ1n) is 5.19. The fraction of sp³-hybridized carbons (Fsp3) is 0.300. The fourth-order valence-electron chi connectivity index (χ4n) is 1.38. The molecule has 0 aromatic heterocycles. The second kappa shape index (κ2) is 6.37. The van der Waals surface area contributed by atoms with Crippen LogP contribution in [-0.2, 0) is 10.0 Å². The Morgan fingerprint density at radius 2 is 2.05 bits per heavy atom. The summed E-state index contributed by atoms with van der Waals surface area (Å²) in [7, 11) is -2.77. The smallest absolute Gasteiger partial charge is 0.258 e. The maximum atomic E-state index is 12.2. The molecule has 0 fully saturated rings.